The van der Waals surface area contributed by atoms with E-state index >= 15 is 0 Å². The average molecular weight is 330 g/mol. The Hall–Kier alpha value is -2.35. The molecule has 3 aromatic rings. The van der Waals surface area contributed by atoms with Crippen molar-refractivity contribution in [3.8, 4) is 0 Å². The Balaban J connectivity index is 2.12. The van der Waals surface area contributed by atoms with Crippen molar-refractivity contribution in [1.29, 1.82) is 0 Å². The second kappa shape index (κ2) is 6.04. The Kier molecular flexibility index (Phi) is 4.08. The molecule has 3 heterocycles. The third-order valence-electron chi connectivity index (χ3n) is 3.49. The zero-order valence-corrected chi connectivity index (χ0v) is 14.3. The van der Waals surface area contributed by atoms with E-state index in [1.807, 2.05) is 24.6 Å². The van der Waals surface area contributed by atoms with Crippen molar-refractivity contribution in [1.82, 2.24) is 25.0 Å². The van der Waals surface area contributed by atoms with Gasteiger partial charge in [-0.2, -0.15) is 5.10 Å². The summed E-state index contributed by atoms with van der Waals surface area (Å²) in [4.78, 5) is 17.3. The lowest BCUT2D eigenvalue weighted by Crippen LogP contribution is -2.14. The molecule has 0 bridgehead atoms. The summed E-state index contributed by atoms with van der Waals surface area (Å²) in [6, 6.07) is 2.00. The lowest BCUT2D eigenvalue weighted by molar-refractivity contribution is 0.102. The van der Waals surface area contributed by atoms with Gasteiger partial charge in [-0.3, -0.25) is 10.1 Å². The van der Waals surface area contributed by atoms with Gasteiger partial charge in [0.15, 0.2) is 5.65 Å². The number of anilines is 1. The fourth-order valence-corrected chi connectivity index (χ4v) is 2.73. The van der Waals surface area contributed by atoms with Crippen molar-refractivity contribution in [2.24, 2.45) is 0 Å². The molecule has 8 heteroatoms. The van der Waals surface area contributed by atoms with Gasteiger partial charge >= 0.3 is 0 Å². The molecule has 0 aromatic carbocycles. The molecule has 1 N–H and O–H groups in total. The molecule has 0 aliphatic rings. The molecule has 0 aliphatic heterocycles. The zero-order valence-electron chi connectivity index (χ0n) is 13.4. The first-order valence-corrected chi connectivity index (χ1v) is 8.31. The number of pyridine rings is 1. The second-order valence-corrected chi connectivity index (χ2v) is 6.70. The highest BCUT2D eigenvalue weighted by Crippen LogP contribution is 2.25. The minimum atomic E-state index is -0.223. The van der Waals surface area contributed by atoms with Crippen LogP contribution in [0, 0.1) is 0 Å². The molecule has 0 fully saturated rings. The van der Waals surface area contributed by atoms with Gasteiger partial charge in [-0.05, 0) is 25.8 Å². The Labute approximate surface area is 137 Å². The predicted octanol–water partition coefficient (Wildman–Crippen LogP) is 3.24. The minimum absolute atomic E-state index is 0.168. The highest BCUT2D eigenvalue weighted by Gasteiger charge is 2.19. The van der Waals surface area contributed by atoms with Crippen LogP contribution in [0.1, 0.15) is 55.7 Å². The molecule has 7 nitrogen and oxygen atoms in total. The van der Waals surface area contributed by atoms with Gasteiger partial charge in [-0.25, -0.2) is 9.67 Å². The number of nitrogens with zero attached hydrogens (tertiary/aromatic N) is 5. The minimum Gasteiger partial charge on any atom is -0.296 e. The molecule has 0 radical (unpaired) electrons. The summed E-state index contributed by atoms with van der Waals surface area (Å²) in [6.07, 6.45) is 1.70. The average Bonchev–Trinajstić information content (AvgIpc) is 3.14. The first-order chi connectivity index (χ1) is 11.0. The van der Waals surface area contributed by atoms with E-state index < -0.39 is 0 Å². The Bertz CT molecular complexity index is 837. The van der Waals surface area contributed by atoms with Gasteiger partial charge in [-0.15, -0.1) is 10.2 Å². The van der Waals surface area contributed by atoms with Gasteiger partial charge in [-0.1, -0.05) is 25.2 Å². The maximum atomic E-state index is 12.6. The monoisotopic (exact) mass is 330 g/mol. The number of hydrogen-bond donors (Lipinski definition) is 1. The van der Waals surface area contributed by atoms with Crippen molar-refractivity contribution in [2.75, 3.05) is 5.32 Å². The van der Waals surface area contributed by atoms with Gasteiger partial charge in [0.1, 0.15) is 5.51 Å². The van der Waals surface area contributed by atoms with Crippen LogP contribution in [-0.4, -0.2) is 30.9 Å². The molecular weight excluding hydrogens is 312 g/mol. The lowest BCUT2D eigenvalue weighted by atomic mass is 10.0. The Morgan fingerprint density at radius 3 is 2.70 bits per heavy atom. The van der Waals surface area contributed by atoms with Crippen molar-refractivity contribution in [2.45, 2.75) is 39.7 Å². The van der Waals surface area contributed by atoms with E-state index in [-0.39, 0.29) is 17.9 Å². The molecule has 0 spiro atoms. The van der Waals surface area contributed by atoms with Gasteiger partial charge in [0.25, 0.3) is 5.91 Å². The highest BCUT2D eigenvalue weighted by molar-refractivity contribution is 7.13. The number of hydrogen-bond acceptors (Lipinski definition) is 6. The van der Waals surface area contributed by atoms with Crippen LogP contribution >= 0.6 is 11.3 Å². The van der Waals surface area contributed by atoms with E-state index in [1.54, 1.807) is 11.7 Å². The van der Waals surface area contributed by atoms with Crippen molar-refractivity contribution in [3.63, 3.8) is 0 Å². The molecule has 3 aromatic heterocycles. The molecular formula is C15H18N6OS. The number of nitrogens with one attached hydrogen (secondary N) is 1. The molecule has 0 saturated heterocycles. The summed E-state index contributed by atoms with van der Waals surface area (Å²) < 4.78 is 1.84. The Morgan fingerprint density at radius 2 is 2.09 bits per heavy atom. The van der Waals surface area contributed by atoms with E-state index in [0.717, 1.165) is 16.7 Å². The summed E-state index contributed by atoms with van der Waals surface area (Å²) in [7, 11) is 0. The van der Waals surface area contributed by atoms with Crippen LogP contribution in [-0.2, 0) is 0 Å². The van der Waals surface area contributed by atoms with Crippen LogP contribution < -0.4 is 5.32 Å². The molecule has 0 aliphatic carbocycles. The number of aromatic nitrogens is 5. The molecule has 0 atom stereocenters. The standard InChI is InChI=1S/C15H18N6OS/c1-8(2)12-5-10(14(22)19-15-20-16-7-23-15)11-6-17-21(9(3)4)13(11)18-12/h5-9H,1-4H3,(H,19,20,22). The first-order valence-electron chi connectivity index (χ1n) is 7.43. The summed E-state index contributed by atoms with van der Waals surface area (Å²) >= 11 is 1.28. The molecule has 0 saturated carbocycles. The van der Waals surface area contributed by atoms with E-state index in [2.05, 4.69) is 34.5 Å². The number of amides is 1. The van der Waals surface area contributed by atoms with Gasteiger partial charge < -0.3 is 0 Å². The highest BCUT2D eigenvalue weighted by atomic mass is 32.1. The third-order valence-corrected chi connectivity index (χ3v) is 4.10. The van der Waals surface area contributed by atoms with E-state index in [0.29, 0.717) is 10.7 Å². The quantitative estimate of drug-likeness (QED) is 0.793. The van der Waals surface area contributed by atoms with Crippen LogP contribution in [0.4, 0.5) is 5.13 Å². The van der Waals surface area contributed by atoms with Crippen molar-refractivity contribution in [3.05, 3.63) is 29.0 Å². The van der Waals surface area contributed by atoms with Gasteiger partial charge in [0.2, 0.25) is 5.13 Å². The summed E-state index contributed by atoms with van der Waals surface area (Å²) in [5.74, 6) is -0.0117. The summed E-state index contributed by atoms with van der Waals surface area (Å²) in [6.45, 7) is 8.18. The van der Waals surface area contributed by atoms with Gasteiger partial charge in [0.05, 0.1) is 17.1 Å². The Morgan fingerprint density at radius 1 is 1.30 bits per heavy atom. The molecule has 3 rings (SSSR count). The number of fused-ring (bicyclic) bond motifs is 1. The predicted molar refractivity (Wildman–Crippen MR) is 89.9 cm³/mol. The zero-order chi connectivity index (χ0) is 16.6. The van der Waals surface area contributed by atoms with Crippen molar-refractivity contribution < 1.29 is 4.79 Å². The molecule has 23 heavy (non-hydrogen) atoms. The van der Waals surface area contributed by atoms with Crippen molar-refractivity contribution >= 4 is 33.4 Å². The molecule has 0 unspecified atom stereocenters. The lowest BCUT2D eigenvalue weighted by Gasteiger charge is -2.11. The largest absolute Gasteiger partial charge is 0.296 e. The third kappa shape index (κ3) is 2.94. The van der Waals surface area contributed by atoms with Crippen LogP contribution in [0.2, 0.25) is 0 Å². The molecule has 1 amide bonds. The topological polar surface area (TPSA) is 85.6 Å². The van der Waals surface area contributed by atoms with Crippen LogP contribution in [0.15, 0.2) is 17.8 Å². The smallest absolute Gasteiger partial charge is 0.258 e. The van der Waals surface area contributed by atoms with Crippen LogP contribution in [0.25, 0.3) is 11.0 Å². The fourth-order valence-electron chi connectivity index (χ4n) is 2.29. The van der Waals surface area contributed by atoms with E-state index in [1.165, 1.54) is 11.3 Å². The summed E-state index contributed by atoms with van der Waals surface area (Å²) in [5.41, 5.74) is 3.73. The maximum absolute atomic E-state index is 12.6. The maximum Gasteiger partial charge on any atom is 0.258 e. The number of carbonyl (C=O) groups is 1. The van der Waals surface area contributed by atoms with E-state index in [4.69, 9.17) is 4.98 Å². The number of carbonyl (C=O) groups excluding carboxylic acids is 1. The summed E-state index contributed by atoms with van der Waals surface area (Å²) in [5, 5.41) is 16.0. The van der Waals surface area contributed by atoms with E-state index in [9.17, 15) is 4.79 Å². The fraction of sp³-hybridized carbons (Fsp3) is 0.400. The second-order valence-electron chi connectivity index (χ2n) is 5.87. The SMILES string of the molecule is CC(C)c1cc(C(=O)Nc2nncs2)c2cnn(C(C)C)c2n1. The normalized spacial score (nSPS) is 11.6. The first kappa shape index (κ1) is 15.5. The van der Waals surface area contributed by atoms with Gasteiger partial charge in [0, 0.05) is 11.7 Å². The van der Waals surface area contributed by atoms with Crippen LogP contribution in [0.3, 0.4) is 0 Å². The number of rotatable bonds is 4. The van der Waals surface area contributed by atoms with Crippen LogP contribution in [0.5, 0.6) is 0 Å². The molecule has 120 valence electrons.